The Morgan fingerprint density at radius 3 is 2.54 bits per heavy atom. The van der Waals surface area contributed by atoms with E-state index in [2.05, 4.69) is 51.5 Å². The van der Waals surface area contributed by atoms with Gasteiger partial charge in [-0.3, -0.25) is 4.90 Å². The summed E-state index contributed by atoms with van der Waals surface area (Å²) >= 11 is 0. The van der Waals surface area contributed by atoms with Crippen LogP contribution in [0.25, 0.3) is 0 Å². The van der Waals surface area contributed by atoms with Gasteiger partial charge in [0.25, 0.3) is 0 Å². The molecule has 5 heteroatoms. The minimum Gasteiger partial charge on any atom is -0.481 e. The number of ether oxygens (including phenoxy) is 1. The molecular formula is C19H26N4O. The molecule has 0 amide bonds. The van der Waals surface area contributed by atoms with Gasteiger partial charge in [-0.2, -0.15) is 0 Å². The molecule has 3 aliphatic rings. The van der Waals surface area contributed by atoms with Gasteiger partial charge in [-0.1, -0.05) is 13.0 Å². The first kappa shape index (κ1) is 15.5. The van der Waals surface area contributed by atoms with Gasteiger partial charge in [0.15, 0.2) is 0 Å². The maximum atomic E-state index is 5.14. The summed E-state index contributed by atoms with van der Waals surface area (Å²) in [6, 6.07) is 9.93. The van der Waals surface area contributed by atoms with E-state index in [0.717, 1.165) is 26.1 Å². The second kappa shape index (κ2) is 6.13. The van der Waals surface area contributed by atoms with E-state index in [-0.39, 0.29) is 0 Å². The highest BCUT2D eigenvalue weighted by molar-refractivity contribution is 5.45. The molecule has 128 valence electrons. The Hall–Kier alpha value is -2.01. The fraction of sp³-hybridized carbons (Fsp3) is 0.526. The quantitative estimate of drug-likeness (QED) is 0.845. The minimum absolute atomic E-state index is 0.658. The predicted octanol–water partition coefficient (Wildman–Crippen LogP) is 2.45. The Labute approximate surface area is 143 Å². The summed E-state index contributed by atoms with van der Waals surface area (Å²) in [6.07, 6.45) is 4.36. The second-order valence-electron chi connectivity index (χ2n) is 6.92. The van der Waals surface area contributed by atoms with Gasteiger partial charge in [0.2, 0.25) is 5.88 Å². The molecule has 5 nitrogen and oxygen atoms in total. The molecule has 3 saturated heterocycles. The van der Waals surface area contributed by atoms with Crippen LogP contribution in [0.3, 0.4) is 0 Å². The number of piperazine rings is 1. The van der Waals surface area contributed by atoms with Crippen molar-refractivity contribution in [3.8, 4) is 5.88 Å². The third-order valence-electron chi connectivity index (χ3n) is 5.60. The van der Waals surface area contributed by atoms with Crippen molar-refractivity contribution in [3.63, 3.8) is 0 Å². The highest BCUT2D eigenvalue weighted by Gasteiger charge is 2.44. The van der Waals surface area contributed by atoms with Crippen molar-refractivity contribution in [2.75, 3.05) is 25.1 Å². The molecule has 2 atom stereocenters. The van der Waals surface area contributed by atoms with Gasteiger partial charge in [-0.05, 0) is 30.5 Å². The monoisotopic (exact) mass is 326 g/mol. The summed E-state index contributed by atoms with van der Waals surface area (Å²) in [7, 11) is 3.85. The van der Waals surface area contributed by atoms with E-state index in [1.54, 1.807) is 7.11 Å². The van der Waals surface area contributed by atoms with Gasteiger partial charge in [0.1, 0.15) is 5.82 Å². The van der Waals surface area contributed by atoms with Crippen LogP contribution in [0.5, 0.6) is 5.88 Å². The zero-order valence-corrected chi connectivity index (χ0v) is 14.8. The molecule has 0 saturated carbocycles. The first-order chi connectivity index (χ1) is 11.7. The van der Waals surface area contributed by atoms with E-state index in [0.29, 0.717) is 18.0 Å². The highest BCUT2D eigenvalue weighted by Crippen LogP contribution is 2.36. The van der Waals surface area contributed by atoms with Crippen molar-refractivity contribution in [2.24, 2.45) is 7.05 Å². The van der Waals surface area contributed by atoms with Gasteiger partial charge < -0.3 is 14.2 Å². The summed E-state index contributed by atoms with van der Waals surface area (Å²) in [6.45, 7) is 5.47. The Balaban J connectivity index is 1.41. The van der Waals surface area contributed by atoms with Crippen LogP contribution in [0.15, 0.2) is 30.5 Å². The molecule has 5 rings (SSSR count). The lowest BCUT2D eigenvalue weighted by Crippen LogP contribution is -2.68. The first-order valence-electron chi connectivity index (χ1n) is 8.83. The molecule has 2 bridgehead atoms. The lowest BCUT2D eigenvalue weighted by molar-refractivity contribution is -0.00893. The van der Waals surface area contributed by atoms with Crippen molar-refractivity contribution in [2.45, 2.75) is 38.4 Å². The van der Waals surface area contributed by atoms with Crippen LogP contribution in [-0.2, 0) is 20.0 Å². The number of rotatable bonds is 5. The normalized spacial score (nSPS) is 23.2. The van der Waals surface area contributed by atoms with Gasteiger partial charge in [-0.15, -0.1) is 0 Å². The van der Waals surface area contributed by atoms with Crippen molar-refractivity contribution in [1.29, 1.82) is 0 Å². The van der Waals surface area contributed by atoms with E-state index in [9.17, 15) is 0 Å². The molecule has 5 heterocycles. The fourth-order valence-electron chi connectivity index (χ4n) is 4.18. The maximum absolute atomic E-state index is 5.14. The average Bonchev–Trinajstić information content (AvgIpc) is 3.01. The number of anilines is 1. The standard InChI is InChI=1S/C19H26N4O/c1-4-15-6-8-19(21(15)2)22-12-16-9-17(13-22)23(16)11-14-5-7-18(24-3)20-10-14/h5-8,10,16-17H,4,9,11-13H2,1-3H3. The van der Waals surface area contributed by atoms with Crippen LogP contribution in [-0.4, -0.2) is 46.7 Å². The number of piperidine rings is 1. The summed E-state index contributed by atoms with van der Waals surface area (Å²) in [5.41, 5.74) is 2.68. The molecule has 0 aliphatic carbocycles. The largest absolute Gasteiger partial charge is 0.481 e. The maximum Gasteiger partial charge on any atom is 0.212 e. The van der Waals surface area contributed by atoms with Crippen LogP contribution in [0, 0.1) is 0 Å². The number of aryl methyl sites for hydroxylation is 1. The average molecular weight is 326 g/mol. The fourth-order valence-corrected chi connectivity index (χ4v) is 4.18. The number of nitrogens with zero attached hydrogens (tertiary/aromatic N) is 4. The lowest BCUT2D eigenvalue weighted by Gasteiger charge is -2.57. The Kier molecular flexibility index (Phi) is 3.96. The number of pyridine rings is 1. The Morgan fingerprint density at radius 1 is 1.17 bits per heavy atom. The first-order valence-corrected chi connectivity index (χ1v) is 8.83. The van der Waals surface area contributed by atoms with Crippen molar-refractivity contribution in [3.05, 3.63) is 41.7 Å². The molecule has 3 fully saturated rings. The van der Waals surface area contributed by atoms with Crippen LogP contribution in [0.4, 0.5) is 5.82 Å². The molecule has 3 aliphatic heterocycles. The predicted molar refractivity (Wildman–Crippen MR) is 95.5 cm³/mol. The number of aromatic nitrogens is 2. The molecule has 0 aromatic carbocycles. The lowest BCUT2D eigenvalue weighted by atomic mass is 9.87. The Morgan fingerprint density at radius 2 is 1.96 bits per heavy atom. The van der Waals surface area contributed by atoms with Crippen molar-refractivity contribution >= 4 is 5.82 Å². The van der Waals surface area contributed by atoms with Gasteiger partial charge in [0, 0.05) is 56.7 Å². The van der Waals surface area contributed by atoms with Gasteiger partial charge >= 0.3 is 0 Å². The van der Waals surface area contributed by atoms with E-state index in [1.807, 2.05) is 12.3 Å². The molecule has 2 aromatic heterocycles. The zero-order valence-electron chi connectivity index (χ0n) is 14.8. The summed E-state index contributed by atoms with van der Waals surface area (Å²) in [4.78, 5) is 9.51. The van der Waals surface area contributed by atoms with Crippen LogP contribution in [0.1, 0.15) is 24.6 Å². The van der Waals surface area contributed by atoms with E-state index >= 15 is 0 Å². The molecule has 0 radical (unpaired) electrons. The van der Waals surface area contributed by atoms with Crippen molar-refractivity contribution in [1.82, 2.24) is 14.5 Å². The Bertz CT molecular complexity index is 697. The number of methoxy groups -OCH3 is 1. The summed E-state index contributed by atoms with van der Waals surface area (Å²) in [5.74, 6) is 2.05. The summed E-state index contributed by atoms with van der Waals surface area (Å²) < 4.78 is 7.49. The second-order valence-corrected chi connectivity index (χ2v) is 6.92. The summed E-state index contributed by atoms with van der Waals surface area (Å²) in [5, 5.41) is 0. The van der Waals surface area contributed by atoms with Crippen LogP contribution >= 0.6 is 0 Å². The van der Waals surface area contributed by atoms with Crippen molar-refractivity contribution < 1.29 is 4.74 Å². The molecule has 24 heavy (non-hydrogen) atoms. The van der Waals surface area contributed by atoms with Crippen LogP contribution in [0.2, 0.25) is 0 Å². The number of hydrogen-bond donors (Lipinski definition) is 0. The molecule has 0 spiro atoms. The van der Waals surface area contributed by atoms with E-state index < -0.39 is 0 Å². The third kappa shape index (κ3) is 2.57. The minimum atomic E-state index is 0.658. The topological polar surface area (TPSA) is 33.5 Å². The zero-order chi connectivity index (χ0) is 16.7. The third-order valence-corrected chi connectivity index (χ3v) is 5.60. The van der Waals surface area contributed by atoms with Gasteiger partial charge in [0.05, 0.1) is 7.11 Å². The van der Waals surface area contributed by atoms with Crippen LogP contribution < -0.4 is 9.64 Å². The molecular weight excluding hydrogens is 300 g/mol. The number of fused-ring (bicyclic) bond motifs is 2. The molecule has 2 unspecified atom stereocenters. The molecule has 2 aromatic rings. The van der Waals surface area contributed by atoms with E-state index in [1.165, 1.54) is 23.5 Å². The molecule has 0 N–H and O–H groups in total. The van der Waals surface area contributed by atoms with E-state index in [4.69, 9.17) is 4.74 Å². The SMILES string of the molecule is CCc1ccc(N2CC3CC(C2)N3Cc2ccc(OC)nc2)n1C. The highest BCUT2D eigenvalue weighted by atomic mass is 16.5. The number of hydrogen-bond acceptors (Lipinski definition) is 4. The smallest absolute Gasteiger partial charge is 0.212 e. The van der Waals surface area contributed by atoms with Gasteiger partial charge in [-0.25, -0.2) is 4.98 Å².